The number of nitrogens with one attached hydrogen (secondary N) is 1. The van der Waals surface area contributed by atoms with Crippen LogP contribution in [0.15, 0.2) is 18.2 Å². The molecule has 0 radical (unpaired) electrons. The Hall–Kier alpha value is -3.23. The van der Waals surface area contributed by atoms with Crippen molar-refractivity contribution in [3.05, 3.63) is 29.3 Å². The predicted octanol–water partition coefficient (Wildman–Crippen LogP) is 0.779. The number of anilines is 1. The molecule has 0 bridgehead atoms. The molecule has 0 spiro atoms. The van der Waals surface area contributed by atoms with Crippen LogP contribution in [0.4, 0.5) is 5.69 Å². The van der Waals surface area contributed by atoms with E-state index in [0.717, 1.165) is 23.4 Å². The van der Waals surface area contributed by atoms with Crippen LogP contribution in [0.25, 0.3) is 0 Å². The number of fused-ring (bicyclic) bond motifs is 1. The molecule has 3 aliphatic rings. The van der Waals surface area contributed by atoms with Crippen molar-refractivity contribution in [2.24, 2.45) is 5.92 Å². The first-order valence-electron chi connectivity index (χ1n) is 9.67. The second-order valence-corrected chi connectivity index (χ2v) is 7.71. The Balaban J connectivity index is 1.51. The van der Waals surface area contributed by atoms with E-state index >= 15 is 0 Å². The third-order valence-corrected chi connectivity index (χ3v) is 5.87. The summed E-state index contributed by atoms with van der Waals surface area (Å²) in [4.78, 5) is 63.0. The Morgan fingerprint density at radius 3 is 2.38 bits per heavy atom. The molecule has 3 heterocycles. The number of nitrogens with zero attached hydrogens (tertiary/aromatic N) is 2. The third-order valence-electron chi connectivity index (χ3n) is 5.87. The van der Waals surface area contributed by atoms with Gasteiger partial charge >= 0.3 is 5.97 Å². The number of benzene rings is 1. The number of aliphatic carboxylic acids is 1. The highest BCUT2D eigenvalue weighted by molar-refractivity contribution is 6.23. The van der Waals surface area contributed by atoms with E-state index in [0.29, 0.717) is 13.1 Å². The second kappa shape index (κ2) is 7.31. The zero-order valence-corrected chi connectivity index (χ0v) is 15.7. The number of hydrogen-bond acceptors (Lipinski definition) is 6. The molecule has 0 aliphatic carbocycles. The minimum atomic E-state index is -0.977. The Kier molecular flexibility index (Phi) is 4.81. The largest absolute Gasteiger partial charge is 0.481 e. The van der Waals surface area contributed by atoms with Gasteiger partial charge in [0.15, 0.2) is 0 Å². The molecule has 2 fully saturated rings. The highest BCUT2D eigenvalue weighted by Gasteiger charge is 2.44. The Morgan fingerprint density at radius 2 is 1.72 bits per heavy atom. The summed E-state index contributed by atoms with van der Waals surface area (Å²) in [7, 11) is 0. The quantitative estimate of drug-likeness (QED) is 0.717. The molecule has 0 aromatic heterocycles. The topological polar surface area (TPSA) is 124 Å². The highest BCUT2D eigenvalue weighted by Crippen LogP contribution is 2.32. The summed E-state index contributed by atoms with van der Waals surface area (Å²) in [5.41, 5.74) is 1.30. The van der Waals surface area contributed by atoms with Crippen molar-refractivity contribution >= 4 is 35.3 Å². The van der Waals surface area contributed by atoms with Crippen LogP contribution in [0, 0.1) is 5.92 Å². The molecular formula is C20H21N3O6. The molecule has 1 atom stereocenters. The van der Waals surface area contributed by atoms with E-state index in [-0.39, 0.29) is 36.3 Å². The molecule has 1 unspecified atom stereocenters. The summed E-state index contributed by atoms with van der Waals surface area (Å²) in [6.07, 6.45) is 1.86. The van der Waals surface area contributed by atoms with Crippen molar-refractivity contribution in [1.82, 2.24) is 10.2 Å². The lowest BCUT2D eigenvalue weighted by atomic mass is 9.93. The summed E-state index contributed by atoms with van der Waals surface area (Å²) < 4.78 is 0. The van der Waals surface area contributed by atoms with Crippen LogP contribution in [0.1, 0.15) is 52.8 Å². The normalized spacial score (nSPS) is 22.7. The van der Waals surface area contributed by atoms with Crippen LogP contribution in [-0.4, -0.2) is 58.7 Å². The fraction of sp³-hybridized carbons (Fsp3) is 0.450. The van der Waals surface area contributed by atoms with E-state index < -0.39 is 35.6 Å². The minimum Gasteiger partial charge on any atom is -0.481 e. The second-order valence-electron chi connectivity index (χ2n) is 7.71. The number of carbonyl (C=O) groups is 5. The van der Waals surface area contributed by atoms with Crippen LogP contribution in [0.5, 0.6) is 0 Å². The Labute approximate surface area is 166 Å². The van der Waals surface area contributed by atoms with Gasteiger partial charge in [0, 0.05) is 31.6 Å². The fourth-order valence-corrected chi connectivity index (χ4v) is 4.30. The van der Waals surface area contributed by atoms with E-state index in [4.69, 9.17) is 5.11 Å². The summed E-state index contributed by atoms with van der Waals surface area (Å²) >= 11 is 0. The molecule has 4 amide bonds. The van der Waals surface area contributed by atoms with Crippen LogP contribution < -0.4 is 10.2 Å². The smallest absolute Gasteiger partial charge is 0.303 e. The van der Waals surface area contributed by atoms with Gasteiger partial charge < -0.3 is 10.0 Å². The zero-order chi connectivity index (χ0) is 20.7. The molecule has 3 aliphatic heterocycles. The van der Waals surface area contributed by atoms with Gasteiger partial charge in [-0.25, -0.2) is 0 Å². The molecule has 1 aromatic rings. The molecule has 152 valence electrons. The SMILES string of the molecule is O=C(O)CC1CCN(c2ccc3c(c2)C(=O)N(C2CCC(=O)NC2=O)C3=O)CC1. The van der Waals surface area contributed by atoms with Crippen molar-refractivity contribution in [2.45, 2.75) is 38.1 Å². The maximum atomic E-state index is 12.9. The third kappa shape index (κ3) is 3.48. The van der Waals surface area contributed by atoms with Gasteiger partial charge in [-0.3, -0.25) is 34.2 Å². The van der Waals surface area contributed by atoms with Gasteiger partial charge in [-0.05, 0) is 43.4 Å². The van der Waals surface area contributed by atoms with Crippen molar-refractivity contribution in [1.29, 1.82) is 0 Å². The molecule has 29 heavy (non-hydrogen) atoms. The van der Waals surface area contributed by atoms with Crippen LogP contribution in [0.3, 0.4) is 0 Å². The Morgan fingerprint density at radius 1 is 1.03 bits per heavy atom. The van der Waals surface area contributed by atoms with E-state index in [9.17, 15) is 24.0 Å². The molecule has 2 saturated heterocycles. The number of imide groups is 2. The molecule has 9 heteroatoms. The summed E-state index contributed by atoms with van der Waals surface area (Å²) in [5.74, 6) is -2.73. The average molecular weight is 399 g/mol. The van der Waals surface area contributed by atoms with Crippen LogP contribution in [-0.2, 0) is 14.4 Å². The van der Waals surface area contributed by atoms with Crippen molar-refractivity contribution < 1.29 is 29.1 Å². The van der Waals surface area contributed by atoms with E-state index in [1.807, 2.05) is 0 Å². The fourth-order valence-electron chi connectivity index (χ4n) is 4.30. The molecule has 4 rings (SSSR count). The number of carbonyl (C=O) groups excluding carboxylic acids is 4. The van der Waals surface area contributed by atoms with Gasteiger partial charge in [-0.1, -0.05) is 0 Å². The number of amides is 4. The van der Waals surface area contributed by atoms with E-state index in [1.54, 1.807) is 18.2 Å². The standard InChI is InChI=1S/C20H21N3O6/c24-16-4-3-15(18(27)21-16)23-19(28)13-2-1-12(10-14(13)20(23)29)22-7-5-11(6-8-22)9-17(25)26/h1-2,10-11,15H,3-9H2,(H,25,26)(H,21,24,27). The monoisotopic (exact) mass is 399 g/mol. The lowest BCUT2D eigenvalue weighted by Gasteiger charge is -2.33. The molecule has 9 nitrogen and oxygen atoms in total. The van der Waals surface area contributed by atoms with E-state index in [1.165, 1.54) is 0 Å². The van der Waals surface area contributed by atoms with E-state index in [2.05, 4.69) is 10.2 Å². The summed E-state index contributed by atoms with van der Waals surface area (Å²) in [6, 6.07) is 4.06. The number of hydrogen-bond donors (Lipinski definition) is 2. The minimum absolute atomic E-state index is 0.0837. The lowest BCUT2D eigenvalue weighted by Crippen LogP contribution is -2.54. The van der Waals surface area contributed by atoms with Crippen molar-refractivity contribution in [3.8, 4) is 0 Å². The van der Waals surface area contributed by atoms with Crippen LogP contribution in [0.2, 0.25) is 0 Å². The molecular weight excluding hydrogens is 378 g/mol. The van der Waals surface area contributed by atoms with Gasteiger partial charge in [0.2, 0.25) is 11.8 Å². The van der Waals surface area contributed by atoms with Crippen molar-refractivity contribution in [3.63, 3.8) is 0 Å². The molecule has 1 aromatic carbocycles. The van der Waals surface area contributed by atoms with Gasteiger partial charge in [-0.15, -0.1) is 0 Å². The van der Waals surface area contributed by atoms with Gasteiger partial charge in [-0.2, -0.15) is 0 Å². The molecule has 2 N–H and O–H groups in total. The molecule has 0 saturated carbocycles. The van der Waals surface area contributed by atoms with Gasteiger partial charge in [0.1, 0.15) is 6.04 Å². The number of carboxylic acids is 1. The van der Waals surface area contributed by atoms with Crippen LogP contribution >= 0.6 is 0 Å². The first-order chi connectivity index (χ1) is 13.8. The summed E-state index contributed by atoms with van der Waals surface area (Å²) in [5, 5.41) is 11.1. The Bertz CT molecular complexity index is 919. The average Bonchev–Trinajstić information content (AvgIpc) is 2.92. The number of rotatable bonds is 4. The predicted molar refractivity (Wildman–Crippen MR) is 100 cm³/mol. The zero-order valence-electron chi connectivity index (χ0n) is 15.7. The maximum Gasteiger partial charge on any atom is 0.303 e. The lowest BCUT2D eigenvalue weighted by molar-refractivity contribution is -0.138. The van der Waals surface area contributed by atoms with Crippen molar-refractivity contribution in [2.75, 3.05) is 18.0 Å². The first-order valence-corrected chi connectivity index (χ1v) is 9.67. The highest BCUT2D eigenvalue weighted by atomic mass is 16.4. The summed E-state index contributed by atoms with van der Waals surface area (Å²) in [6.45, 7) is 1.35. The van der Waals surface area contributed by atoms with Gasteiger partial charge in [0.25, 0.3) is 11.8 Å². The first kappa shape index (κ1) is 19.1. The number of piperidine rings is 2. The maximum absolute atomic E-state index is 12.9. The number of carboxylic acid groups (broad SMARTS) is 1. The van der Waals surface area contributed by atoms with Gasteiger partial charge in [0.05, 0.1) is 11.1 Å².